The molecule has 2 amide bonds. The summed E-state index contributed by atoms with van der Waals surface area (Å²) in [6.07, 6.45) is 1.31. The van der Waals surface area contributed by atoms with Crippen LogP contribution in [-0.2, 0) is 32.6 Å². The van der Waals surface area contributed by atoms with Gasteiger partial charge in [0.25, 0.3) is 0 Å². The minimum absolute atomic E-state index is 0.137. The van der Waals surface area contributed by atoms with Crippen LogP contribution in [-0.4, -0.2) is 51.0 Å². The summed E-state index contributed by atoms with van der Waals surface area (Å²) in [7, 11) is -2.31. The molecule has 0 aliphatic heterocycles. The van der Waals surface area contributed by atoms with Gasteiger partial charge in [-0.25, -0.2) is 8.42 Å². The molecule has 1 unspecified atom stereocenters. The van der Waals surface area contributed by atoms with Gasteiger partial charge in [0.2, 0.25) is 21.8 Å². The smallest absolute Gasteiger partial charge is 0.244 e. The maximum absolute atomic E-state index is 13.8. The fourth-order valence-electron chi connectivity index (χ4n) is 3.97. The molecule has 9 heteroatoms. The van der Waals surface area contributed by atoms with E-state index in [1.54, 1.807) is 18.2 Å². The first-order valence-electron chi connectivity index (χ1n) is 11.4. The first-order valence-corrected chi connectivity index (χ1v) is 13.6. The molecule has 7 nitrogen and oxygen atoms in total. The third-order valence-electron chi connectivity index (χ3n) is 5.73. The monoisotopic (exact) mass is 527 g/mol. The lowest BCUT2D eigenvalue weighted by atomic mass is 10.0. The van der Waals surface area contributed by atoms with Crippen molar-refractivity contribution in [2.75, 3.05) is 24.2 Å². The van der Waals surface area contributed by atoms with E-state index in [9.17, 15) is 18.0 Å². The van der Waals surface area contributed by atoms with Crippen LogP contribution in [0.5, 0.6) is 0 Å². The highest BCUT2D eigenvalue weighted by atomic mass is 35.5. The molecule has 0 saturated carbocycles. The molecule has 0 spiro atoms. The number of nitrogens with one attached hydrogen (secondary N) is 1. The van der Waals surface area contributed by atoms with Crippen LogP contribution in [0, 0.1) is 6.92 Å². The Morgan fingerprint density at radius 3 is 2.22 bits per heavy atom. The van der Waals surface area contributed by atoms with Gasteiger partial charge in [0.1, 0.15) is 12.6 Å². The number of likely N-dealkylation sites (N-methyl/N-ethyl adjacent to an activating group) is 1. The Morgan fingerprint density at radius 2 is 1.61 bits per heavy atom. The number of hydrogen-bond donors (Lipinski definition) is 1. The summed E-state index contributed by atoms with van der Waals surface area (Å²) >= 11 is 6.09. The Hall–Kier alpha value is -3.36. The first-order chi connectivity index (χ1) is 17.1. The zero-order valence-electron chi connectivity index (χ0n) is 20.5. The average molecular weight is 528 g/mol. The van der Waals surface area contributed by atoms with E-state index >= 15 is 0 Å². The van der Waals surface area contributed by atoms with Crippen LogP contribution in [0.3, 0.4) is 0 Å². The summed E-state index contributed by atoms with van der Waals surface area (Å²) in [6.45, 7) is 1.60. The Morgan fingerprint density at radius 1 is 0.944 bits per heavy atom. The number of amides is 2. The molecule has 1 atom stereocenters. The number of hydrogen-bond acceptors (Lipinski definition) is 4. The molecule has 3 aromatic rings. The van der Waals surface area contributed by atoms with Crippen molar-refractivity contribution in [1.29, 1.82) is 0 Å². The van der Waals surface area contributed by atoms with Crippen molar-refractivity contribution in [2.24, 2.45) is 0 Å². The van der Waals surface area contributed by atoms with Crippen LogP contribution in [0.1, 0.15) is 16.7 Å². The second-order valence-corrected chi connectivity index (χ2v) is 10.9. The third-order valence-corrected chi connectivity index (χ3v) is 7.10. The Kier molecular flexibility index (Phi) is 9.12. The van der Waals surface area contributed by atoms with Crippen molar-refractivity contribution in [3.8, 4) is 0 Å². The van der Waals surface area contributed by atoms with Crippen LogP contribution in [0.15, 0.2) is 78.9 Å². The first kappa shape index (κ1) is 27.2. The van der Waals surface area contributed by atoms with Crippen molar-refractivity contribution in [1.82, 2.24) is 10.2 Å². The van der Waals surface area contributed by atoms with Gasteiger partial charge < -0.3 is 10.2 Å². The molecule has 3 aromatic carbocycles. The van der Waals surface area contributed by atoms with Crippen molar-refractivity contribution < 1.29 is 18.0 Å². The van der Waals surface area contributed by atoms with Gasteiger partial charge in [-0.2, -0.15) is 0 Å². The summed E-state index contributed by atoms with van der Waals surface area (Å²) in [5.74, 6) is -0.847. The molecule has 1 N–H and O–H groups in total. The van der Waals surface area contributed by atoms with Crippen LogP contribution >= 0.6 is 11.6 Å². The molecule has 0 radical (unpaired) electrons. The predicted octanol–water partition coefficient (Wildman–Crippen LogP) is 3.80. The molecule has 0 fully saturated rings. The lowest BCUT2D eigenvalue weighted by Gasteiger charge is -2.33. The van der Waals surface area contributed by atoms with E-state index in [-0.39, 0.29) is 24.6 Å². The van der Waals surface area contributed by atoms with Crippen molar-refractivity contribution in [2.45, 2.75) is 25.9 Å². The van der Waals surface area contributed by atoms with Gasteiger partial charge in [-0.3, -0.25) is 13.9 Å². The highest BCUT2D eigenvalue weighted by Crippen LogP contribution is 2.23. The topological polar surface area (TPSA) is 86.8 Å². The number of carbonyl (C=O) groups is 2. The lowest BCUT2D eigenvalue weighted by molar-refractivity contribution is -0.139. The van der Waals surface area contributed by atoms with Gasteiger partial charge in [-0.1, -0.05) is 77.8 Å². The van der Waals surface area contributed by atoms with Crippen LogP contribution in [0.4, 0.5) is 5.69 Å². The second kappa shape index (κ2) is 12.1. The van der Waals surface area contributed by atoms with E-state index in [4.69, 9.17) is 11.6 Å². The Bertz CT molecular complexity index is 1320. The summed E-state index contributed by atoms with van der Waals surface area (Å²) in [4.78, 5) is 28.3. The van der Waals surface area contributed by atoms with Gasteiger partial charge in [0, 0.05) is 25.0 Å². The van der Waals surface area contributed by atoms with E-state index in [1.807, 2.05) is 61.5 Å². The second-order valence-electron chi connectivity index (χ2n) is 8.58. The maximum Gasteiger partial charge on any atom is 0.244 e. The number of rotatable bonds is 10. The summed E-state index contributed by atoms with van der Waals surface area (Å²) in [5.41, 5.74) is 2.99. The molecule has 0 saturated heterocycles. The predicted molar refractivity (Wildman–Crippen MR) is 143 cm³/mol. The molecular weight excluding hydrogens is 498 g/mol. The molecule has 36 heavy (non-hydrogen) atoms. The quantitative estimate of drug-likeness (QED) is 0.434. The summed E-state index contributed by atoms with van der Waals surface area (Å²) in [6, 6.07) is 22.5. The zero-order valence-corrected chi connectivity index (χ0v) is 22.1. The minimum Gasteiger partial charge on any atom is -0.357 e. The molecule has 0 aromatic heterocycles. The molecule has 0 bridgehead atoms. The normalized spacial score (nSPS) is 12.0. The van der Waals surface area contributed by atoms with Gasteiger partial charge in [-0.05, 0) is 36.2 Å². The van der Waals surface area contributed by atoms with Gasteiger partial charge in [0.05, 0.1) is 11.9 Å². The Labute approximate surface area is 217 Å². The van der Waals surface area contributed by atoms with E-state index in [2.05, 4.69) is 5.32 Å². The number of anilines is 1. The average Bonchev–Trinajstić information content (AvgIpc) is 2.84. The molecule has 3 rings (SSSR count). The number of carbonyl (C=O) groups excluding carboxylic acids is 2. The molecule has 190 valence electrons. The van der Waals surface area contributed by atoms with E-state index < -0.39 is 28.5 Å². The molecule has 0 heterocycles. The number of aryl methyl sites for hydroxylation is 1. The third kappa shape index (κ3) is 7.32. The van der Waals surface area contributed by atoms with Crippen LogP contribution in [0.2, 0.25) is 5.02 Å². The number of nitrogens with zero attached hydrogens (tertiary/aromatic N) is 2. The number of halogens is 1. The minimum atomic E-state index is -3.83. The van der Waals surface area contributed by atoms with Gasteiger partial charge in [0.15, 0.2) is 0 Å². The largest absolute Gasteiger partial charge is 0.357 e. The standard InChI is InChI=1S/C27H30ClN3O4S/c1-20-9-7-12-22(15-20)18-30(25(27(33)29-2)16-21-10-5-4-6-11-21)26(32)19-31(36(3,34)35)24-14-8-13-23(28)17-24/h4-15,17,25H,16,18-19H2,1-3H3,(H,29,33). The van der Waals surface area contributed by atoms with Crippen LogP contribution in [0.25, 0.3) is 0 Å². The zero-order chi connectivity index (χ0) is 26.3. The van der Waals surface area contributed by atoms with Gasteiger partial charge in [-0.15, -0.1) is 0 Å². The number of sulfonamides is 1. The van der Waals surface area contributed by atoms with Crippen molar-refractivity contribution >= 4 is 39.1 Å². The highest BCUT2D eigenvalue weighted by molar-refractivity contribution is 7.92. The van der Waals surface area contributed by atoms with Crippen molar-refractivity contribution in [3.05, 3.63) is 101 Å². The summed E-state index contributed by atoms with van der Waals surface area (Å²) in [5, 5.41) is 3.00. The molecule has 0 aliphatic carbocycles. The van der Waals surface area contributed by atoms with E-state index in [0.29, 0.717) is 5.02 Å². The Balaban J connectivity index is 2.03. The van der Waals surface area contributed by atoms with Crippen molar-refractivity contribution in [3.63, 3.8) is 0 Å². The molecule has 0 aliphatic rings. The maximum atomic E-state index is 13.8. The van der Waals surface area contributed by atoms with E-state index in [0.717, 1.165) is 27.3 Å². The fraction of sp³-hybridized carbons (Fsp3) is 0.259. The summed E-state index contributed by atoms with van der Waals surface area (Å²) < 4.78 is 26.4. The van der Waals surface area contributed by atoms with E-state index in [1.165, 1.54) is 18.0 Å². The SMILES string of the molecule is CNC(=O)C(Cc1ccccc1)N(Cc1cccc(C)c1)C(=O)CN(c1cccc(Cl)c1)S(C)(=O)=O. The number of benzene rings is 3. The van der Waals surface area contributed by atoms with Gasteiger partial charge >= 0.3 is 0 Å². The lowest BCUT2D eigenvalue weighted by Crippen LogP contribution is -2.52. The fourth-order valence-corrected chi connectivity index (χ4v) is 5.00. The molecular formula is C27H30ClN3O4S. The highest BCUT2D eigenvalue weighted by Gasteiger charge is 2.32. The van der Waals surface area contributed by atoms with Crippen LogP contribution < -0.4 is 9.62 Å².